The Balaban J connectivity index is 2.42. The highest BCUT2D eigenvalue weighted by molar-refractivity contribution is 5.71. The van der Waals surface area contributed by atoms with Gasteiger partial charge in [0, 0.05) is 5.56 Å². The molecule has 0 bridgehead atoms. The van der Waals surface area contributed by atoms with Gasteiger partial charge < -0.3 is 15.6 Å². The number of hydrazine groups is 1. The van der Waals surface area contributed by atoms with E-state index in [4.69, 9.17) is 0 Å². The first-order valence-corrected chi connectivity index (χ1v) is 5.08. The lowest BCUT2D eigenvalue weighted by Gasteiger charge is -2.23. The van der Waals surface area contributed by atoms with Crippen molar-refractivity contribution in [3.8, 4) is 5.75 Å². The van der Waals surface area contributed by atoms with Gasteiger partial charge in [-0.15, -0.1) is 0 Å². The van der Waals surface area contributed by atoms with Crippen LogP contribution < -0.4 is 10.9 Å². The van der Waals surface area contributed by atoms with Gasteiger partial charge in [0.25, 0.3) is 5.72 Å². The van der Waals surface area contributed by atoms with Gasteiger partial charge in [-0.2, -0.15) is 18.6 Å². The number of hydrogen-bond acceptors (Lipinski definition) is 4. The molecule has 1 atom stereocenters. The predicted molar refractivity (Wildman–Crippen MR) is 58.1 cm³/mol. The van der Waals surface area contributed by atoms with Crippen LogP contribution in [0, 0.1) is 6.92 Å². The Morgan fingerprint density at radius 2 is 1.94 bits per heavy atom. The first-order valence-electron chi connectivity index (χ1n) is 5.08. The van der Waals surface area contributed by atoms with Crippen LogP contribution in [0.5, 0.6) is 5.75 Å². The zero-order chi connectivity index (χ0) is 13.6. The third kappa shape index (κ3) is 2.02. The van der Waals surface area contributed by atoms with Crippen LogP contribution in [-0.2, 0) is 0 Å². The number of aliphatic hydroxyl groups is 1. The monoisotopic (exact) mass is 260 g/mol. The highest BCUT2D eigenvalue weighted by Gasteiger charge is 2.55. The van der Waals surface area contributed by atoms with Crippen LogP contribution in [0.15, 0.2) is 24.3 Å². The summed E-state index contributed by atoms with van der Waals surface area (Å²) in [6.07, 6.45) is -4.28. The van der Waals surface area contributed by atoms with Gasteiger partial charge in [-0.05, 0) is 25.1 Å². The Kier molecular flexibility index (Phi) is 2.75. The number of aromatic hydroxyl groups is 1. The predicted octanol–water partition coefficient (Wildman–Crippen LogP) is 1.40. The minimum absolute atomic E-state index is 0.0315. The van der Waals surface area contributed by atoms with Crippen molar-refractivity contribution in [2.45, 2.75) is 18.8 Å². The molecule has 98 valence electrons. The van der Waals surface area contributed by atoms with Crippen molar-refractivity contribution in [2.24, 2.45) is 0 Å². The van der Waals surface area contributed by atoms with E-state index in [9.17, 15) is 23.4 Å². The Hall–Kier alpha value is -1.73. The fourth-order valence-corrected chi connectivity index (χ4v) is 1.61. The lowest BCUT2D eigenvalue weighted by atomic mass is 10.1. The van der Waals surface area contributed by atoms with Crippen molar-refractivity contribution in [2.75, 3.05) is 0 Å². The standard InChI is InChI=1S/C11H11F3N2O2/c1-6-2-3-9(17)7(4-6)8-5-10(18,16-15-8)11(12,13)14/h2-5,15-18H,1H3. The molecule has 0 saturated heterocycles. The van der Waals surface area contributed by atoms with Gasteiger partial charge in [0.15, 0.2) is 0 Å². The molecule has 0 aromatic heterocycles. The molecule has 1 aliphatic rings. The number of rotatable bonds is 1. The van der Waals surface area contributed by atoms with E-state index in [0.717, 1.165) is 5.56 Å². The molecule has 1 aliphatic heterocycles. The summed E-state index contributed by atoms with van der Waals surface area (Å²) in [6.45, 7) is 1.74. The molecular formula is C11H11F3N2O2. The average molecular weight is 260 g/mol. The molecule has 0 radical (unpaired) electrons. The zero-order valence-corrected chi connectivity index (χ0v) is 9.34. The summed E-state index contributed by atoms with van der Waals surface area (Å²) in [5.41, 5.74) is 1.75. The van der Waals surface area contributed by atoms with Gasteiger partial charge in [0.1, 0.15) is 5.75 Å². The molecule has 1 heterocycles. The Morgan fingerprint density at radius 1 is 1.28 bits per heavy atom. The lowest BCUT2D eigenvalue weighted by Crippen LogP contribution is -2.55. The molecule has 4 N–H and O–H groups in total. The summed E-state index contributed by atoms with van der Waals surface area (Å²) in [4.78, 5) is 0. The molecule has 18 heavy (non-hydrogen) atoms. The third-order valence-electron chi connectivity index (χ3n) is 2.62. The smallest absolute Gasteiger partial charge is 0.436 e. The molecule has 0 amide bonds. The molecule has 2 rings (SSSR count). The van der Waals surface area contributed by atoms with Crippen LogP contribution in [-0.4, -0.2) is 22.1 Å². The highest BCUT2D eigenvalue weighted by atomic mass is 19.4. The second-order valence-corrected chi connectivity index (χ2v) is 4.09. The SMILES string of the molecule is Cc1ccc(O)c(C2=CC(O)(C(F)(F)F)NN2)c1. The molecule has 0 aliphatic carbocycles. The van der Waals surface area contributed by atoms with E-state index in [2.05, 4.69) is 5.43 Å². The van der Waals surface area contributed by atoms with Crippen LogP contribution in [0.2, 0.25) is 0 Å². The molecule has 0 saturated carbocycles. The molecule has 1 aromatic rings. The van der Waals surface area contributed by atoms with E-state index in [1.165, 1.54) is 12.1 Å². The molecule has 0 fully saturated rings. The van der Waals surface area contributed by atoms with Gasteiger partial charge in [-0.1, -0.05) is 11.6 Å². The second-order valence-electron chi connectivity index (χ2n) is 4.09. The summed E-state index contributed by atoms with van der Waals surface area (Å²) in [7, 11) is 0. The van der Waals surface area contributed by atoms with Gasteiger partial charge in [-0.3, -0.25) is 0 Å². The van der Waals surface area contributed by atoms with E-state index >= 15 is 0 Å². The van der Waals surface area contributed by atoms with E-state index in [1.54, 1.807) is 18.4 Å². The molecule has 1 unspecified atom stereocenters. The Bertz CT molecular complexity index is 514. The number of halogens is 3. The quantitative estimate of drug-likeness (QED) is 0.616. The van der Waals surface area contributed by atoms with Crippen LogP contribution >= 0.6 is 0 Å². The molecular weight excluding hydrogens is 249 g/mol. The zero-order valence-electron chi connectivity index (χ0n) is 9.34. The maximum absolute atomic E-state index is 12.6. The highest BCUT2D eigenvalue weighted by Crippen LogP contribution is 2.35. The topological polar surface area (TPSA) is 64.5 Å². The van der Waals surface area contributed by atoms with E-state index in [0.29, 0.717) is 6.08 Å². The summed E-state index contributed by atoms with van der Waals surface area (Å²) in [6, 6.07) is 4.51. The van der Waals surface area contributed by atoms with Crippen LogP contribution in [0.1, 0.15) is 11.1 Å². The van der Waals surface area contributed by atoms with Gasteiger partial charge in [-0.25, -0.2) is 0 Å². The number of phenols is 1. The van der Waals surface area contributed by atoms with Crippen molar-refractivity contribution in [3.05, 3.63) is 35.4 Å². The number of aryl methyl sites for hydroxylation is 1. The van der Waals surface area contributed by atoms with Gasteiger partial charge >= 0.3 is 6.18 Å². The Labute approximate surface area is 101 Å². The normalized spacial score (nSPS) is 23.7. The van der Waals surface area contributed by atoms with Crippen LogP contribution in [0.3, 0.4) is 0 Å². The van der Waals surface area contributed by atoms with Crippen molar-refractivity contribution < 1.29 is 23.4 Å². The van der Waals surface area contributed by atoms with E-state index in [1.807, 2.05) is 0 Å². The second kappa shape index (κ2) is 3.89. The largest absolute Gasteiger partial charge is 0.507 e. The minimum atomic E-state index is -4.86. The average Bonchev–Trinajstić information content (AvgIpc) is 2.65. The first kappa shape index (κ1) is 12.7. The van der Waals surface area contributed by atoms with Crippen molar-refractivity contribution >= 4 is 5.70 Å². The first-order chi connectivity index (χ1) is 8.23. The molecule has 1 aromatic carbocycles. The van der Waals surface area contributed by atoms with Crippen LogP contribution in [0.25, 0.3) is 5.70 Å². The van der Waals surface area contributed by atoms with Crippen LogP contribution in [0.4, 0.5) is 13.2 Å². The maximum atomic E-state index is 12.6. The maximum Gasteiger partial charge on any atom is 0.436 e. The number of hydrogen-bond donors (Lipinski definition) is 4. The number of benzene rings is 1. The third-order valence-corrected chi connectivity index (χ3v) is 2.62. The fourth-order valence-electron chi connectivity index (χ4n) is 1.61. The summed E-state index contributed by atoms with van der Waals surface area (Å²) in [5.74, 6) is -0.174. The molecule has 0 spiro atoms. The van der Waals surface area contributed by atoms with Crippen molar-refractivity contribution in [1.29, 1.82) is 0 Å². The minimum Gasteiger partial charge on any atom is -0.507 e. The van der Waals surface area contributed by atoms with Crippen molar-refractivity contribution in [3.63, 3.8) is 0 Å². The number of nitrogens with one attached hydrogen (secondary N) is 2. The molecule has 7 heteroatoms. The number of alkyl halides is 3. The van der Waals surface area contributed by atoms with Crippen molar-refractivity contribution in [1.82, 2.24) is 10.9 Å². The summed E-state index contributed by atoms with van der Waals surface area (Å²) >= 11 is 0. The van der Waals surface area contributed by atoms with E-state index < -0.39 is 11.9 Å². The summed E-state index contributed by atoms with van der Waals surface area (Å²) < 4.78 is 37.7. The Morgan fingerprint density at radius 3 is 2.50 bits per heavy atom. The molecule has 4 nitrogen and oxygen atoms in total. The lowest BCUT2D eigenvalue weighted by molar-refractivity contribution is -0.250. The van der Waals surface area contributed by atoms with Gasteiger partial charge in [0.2, 0.25) is 0 Å². The van der Waals surface area contributed by atoms with Gasteiger partial charge in [0.05, 0.1) is 5.70 Å². The van der Waals surface area contributed by atoms with E-state index in [-0.39, 0.29) is 17.0 Å². The fraction of sp³-hybridized carbons (Fsp3) is 0.273. The number of phenolic OH excluding ortho intramolecular Hbond substituents is 1. The summed E-state index contributed by atoms with van der Waals surface area (Å²) in [5, 5.41) is 19.0.